The van der Waals surface area contributed by atoms with Crippen molar-refractivity contribution in [3.8, 4) is 0 Å². The molecule has 0 unspecified atom stereocenters. The predicted molar refractivity (Wildman–Crippen MR) is 48.3 cm³/mol. The molecule has 0 aliphatic rings. The Morgan fingerprint density at radius 3 is 2.50 bits per heavy atom. The maximum atomic E-state index is 11.1. The van der Waals surface area contributed by atoms with Gasteiger partial charge in [0.2, 0.25) is 0 Å². The summed E-state index contributed by atoms with van der Waals surface area (Å²) in [7, 11) is 0. The second kappa shape index (κ2) is 3.86. The average molecular weight is 199 g/mol. The summed E-state index contributed by atoms with van der Waals surface area (Å²) in [6.45, 7) is 1.79. The second-order valence-electron chi connectivity index (χ2n) is 2.74. The molecule has 0 aromatic carbocycles. The molecule has 0 amide bonds. The van der Waals surface area contributed by atoms with Crippen molar-refractivity contribution >= 4 is 5.69 Å². The SMILES string of the molecule is CCCc1[nH]c(=O)[nH]c(=O)c1[N+](=O)[O-]. The van der Waals surface area contributed by atoms with E-state index in [1.54, 1.807) is 6.92 Å². The van der Waals surface area contributed by atoms with Crippen molar-refractivity contribution in [2.24, 2.45) is 0 Å². The maximum Gasteiger partial charge on any atom is 0.353 e. The first-order chi connectivity index (χ1) is 6.56. The number of aryl methyl sites for hydroxylation is 1. The van der Waals surface area contributed by atoms with Crippen molar-refractivity contribution in [3.63, 3.8) is 0 Å². The maximum absolute atomic E-state index is 11.1. The molecule has 1 rings (SSSR count). The van der Waals surface area contributed by atoms with E-state index in [1.807, 2.05) is 4.98 Å². The number of aromatic amines is 2. The second-order valence-corrected chi connectivity index (χ2v) is 2.74. The lowest BCUT2D eigenvalue weighted by Crippen LogP contribution is -2.26. The number of nitro groups is 1. The molecule has 7 heteroatoms. The molecule has 0 aliphatic carbocycles. The van der Waals surface area contributed by atoms with E-state index in [1.165, 1.54) is 0 Å². The van der Waals surface area contributed by atoms with Gasteiger partial charge in [-0.05, 0) is 6.42 Å². The Balaban J connectivity index is 3.44. The molecule has 76 valence electrons. The summed E-state index contributed by atoms with van der Waals surface area (Å²) < 4.78 is 0. The number of nitrogens with one attached hydrogen (secondary N) is 2. The molecule has 0 fully saturated rings. The van der Waals surface area contributed by atoms with Gasteiger partial charge in [0.15, 0.2) is 0 Å². The fraction of sp³-hybridized carbons (Fsp3) is 0.429. The Morgan fingerprint density at radius 1 is 1.36 bits per heavy atom. The molecule has 0 saturated carbocycles. The Bertz CT molecular complexity index is 459. The lowest BCUT2D eigenvalue weighted by Gasteiger charge is -1.98. The predicted octanol–water partition coefficient (Wildman–Crippen LogP) is -0.0761. The Hall–Kier alpha value is -1.92. The van der Waals surface area contributed by atoms with Crippen LogP contribution in [0.2, 0.25) is 0 Å². The zero-order chi connectivity index (χ0) is 10.7. The van der Waals surface area contributed by atoms with E-state index in [-0.39, 0.29) is 5.69 Å². The summed E-state index contributed by atoms with van der Waals surface area (Å²) in [5, 5.41) is 10.5. The molecule has 0 spiro atoms. The highest BCUT2D eigenvalue weighted by atomic mass is 16.6. The summed E-state index contributed by atoms with van der Waals surface area (Å²) in [5.41, 5.74) is -2.18. The zero-order valence-corrected chi connectivity index (χ0v) is 7.49. The minimum absolute atomic E-state index is 0.0752. The van der Waals surface area contributed by atoms with Gasteiger partial charge in [-0.1, -0.05) is 13.3 Å². The molecule has 0 saturated heterocycles. The molecule has 1 heterocycles. The van der Waals surface area contributed by atoms with Crippen LogP contribution in [-0.2, 0) is 6.42 Å². The van der Waals surface area contributed by atoms with Crippen LogP contribution in [0, 0.1) is 10.1 Å². The highest BCUT2D eigenvalue weighted by Crippen LogP contribution is 2.09. The van der Waals surface area contributed by atoms with Crippen LogP contribution in [0.3, 0.4) is 0 Å². The molecular weight excluding hydrogens is 190 g/mol. The standard InChI is InChI=1S/C7H9N3O4/c1-2-3-4-5(10(13)14)6(11)9-7(12)8-4/h2-3H2,1H3,(H2,8,9,11,12). The average Bonchev–Trinajstić information content (AvgIpc) is 2.01. The number of aromatic nitrogens is 2. The molecule has 0 aliphatic heterocycles. The molecule has 0 atom stereocenters. The Kier molecular flexibility index (Phi) is 2.80. The summed E-state index contributed by atoms with van der Waals surface area (Å²) in [5.74, 6) is 0. The molecule has 0 bridgehead atoms. The van der Waals surface area contributed by atoms with E-state index in [0.29, 0.717) is 12.8 Å². The van der Waals surface area contributed by atoms with E-state index in [9.17, 15) is 19.7 Å². The molecule has 7 nitrogen and oxygen atoms in total. The quantitative estimate of drug-likeness (QED) is 0.524. The van der Waals surface area contributed by atoms with Crippen molar-refractivity contribution in [1.82, 2.24) is 9.97 Å². The number of hydrogen-bond acceptors (Lipinski definition) is 4. The fourth-order valence-corrected chi connectivity index (χ4v) is 1.15. The Labute approximate surface area is 77.9 Å². The van der Waals surface area contributed by atoms with Gasteiger partial charge in [0.05, 0.1) is 4.92 Å². The third-order valence-corrected chi connectivity index (χ3v) is 1.67. The fourth-order valence-electron chi connectivity index (χ4n) is 1.15. The number of hydrogen-bond donors (Lipinski definition) is 2. The van der Waals surface area contributed by atoms with Crippen molar-refractivity contribution in [3.05, 3.63) is 36.6 Å². The minimum atomic E-state index is -0.956. The van der Waals surface area contributed by atoms with Crippen LogP contribution in [0.4, 0.5) is 5.69 Å². The van der Waals surface area contributed by atoms with Crippen LogP contribution in [0.5, 0.6) is 0 Å². The first-order valence-corrected chi connectivity index (χ1v) is 4.06. The third kappa shape index (κ3) is 1.87. The topological polar surface area (TPSA) is 109 Å². The van der Waals surface area contributed by atoms with Gasteiger partial charge < -0.3 is 4.98 Å². The Morgan fingerprint density at radius 2 is 2.00 bits per heavy atom. The van der Waals surface area contributed by atoms with E-state index in [0.717, 1.165) is 0 Å². The van der Waals surface area contributed by atoms with Gasteiger partial charge in [-0.2, -0.15) is 0 Å². The van der Waals surface area contributed by atoms with E-state index in [2.05, 4.69) is 4.98 Å². The van der Waals surface area contributed by atoms with Crippen molar-refractivity contribution < 1.29 is 4.92 Å². The van der Waals surface area contributed by atoms with Crippen LogP contribution in [0.15, 0.2) is 9.59 Å². The van der Waals surface area contributed by atoms with Crippen LogP contribution in [-0.4, -0.2) is 14.9 Å². The molecule has 1 aromatic heterocycles. The number of rotatable bonds is 3. The molecule has 0 radical (unpaired) electrons. The van der Waals surface area contributed by atoms with E-state index in [4.69, 9.17) is 0 Å². The monoisotopic (exact) mass is 199 g/mol. The van der Waals surface area contributed by atoms with Crippen LogP contribution in [0.25, 0.3) is 0 Å². The first kappa shape index (κ1) is 10.2. The van der Waals surface area contributed by atoms with Crippen LogP contribution >= 0.6 is 0 Å². The highest BCUT2D eigenvalue weighted by Gasteiger charge is 2.19. The third-order valence-electron chi connectivity index (χ3n) is 1.67. The van der Waals surface area contributed by atoms with Gasteiger partial charge >= 0.3 is 16.9 Å². The van der Waals surface area contributed by atoms with Gasteiger partial charge in [-0.25, -0.2) is 4.79 Å². The minimum Gasteiger partial charge on any atom is -0.305 e. The molecule has 1 aromatic rings. The lowest BCUT2D eigenvalue weighted by atomic mass is 10.2. The first-order valence-electron chi connectivity index (χ1n) is 4.06. The van der Waals surface area contributed by atoms with Crippen molar-refractivity contribution in [2.75, 3.05) is 0 Å². The summed E-state index contributed by atoms with van der Waals surface area (Å²) in [6, 6.07) is 0. The zero-order valence-electron chi connectivity index (χ0n) is 7.49. The van der Waals surface area contributed by atoms with Crippen LogP contribution < -0.4 is 11.2 Å². The lowest BCUT2D eigenvalue weighted by molar-refractivity contribution is -0.387. The van der Waals surface area contributed by atoms with Crippen LogP contribution in [0.1, 0.15) is 19.0 Å². The van der Waals surface area contributed by atoms with Gasteiger partial charge in [0.25, 0.3) is 0 Å². The largest absolute Gasteiger partial charge is 0.353 e. The smallest absolute Gasteiger partial charge is 0.305 e. The number of nitrogens with zero attached hydrogens (tertiary/aromatic N) is 1. The summed E-state index contributed by atoms with van der Waals surface area (Å²) in [4.78, 5) is 35.6. The molecule has 2 N–H and O–H groups in total. The van der Waals surface area contributed by atoms with Crippen molar-refractivity contribution in [1.29, 1.82) is 0 Å². The van der Waals surface area contributed by atoms with Crippen molar-refractivity contribution in [2.45, 2.75) is 19.8 Å². The van der Waals surface area contributed by atoms with E-state index >= 15 is 0 Å². The van der Waals surface area contributed by atoms with Gasteiger partial charge in [-0.3, -0.25) is 19.9 Å². The highest BCUT2D eigenvalue weighted by molar-refractivity contribution is 5.31. The van der Waals surface area contributed by atoms with Gasteiger partial charge in [0, 0.05) is 0 Å². The van der Waals surface area contributed by atoms with Gasteiger partial charge in [-0.15, -0.1) is 0 Å². The normalized spacial score (nSPS) is 10.1. The summed E-state index contributed by atoms with van der Waals surface area (Å²) >= 11 is 0. The van der Waals surface area contributed by atoms with E-state index < -0.39 is 21.9 Å². The summed E-state index contributed by atoms with van der Waals surface area (Å²) in [6.07, 6.45) is 0.912. The molecule has 14 heavy (non-hydrogen) atoms. The van der Waals surface area contributed by atoms with Gasteiger partial charge in [0.1, 0.15) is 5.69 Å². The number of H-pyrrole nitrogens is 2. The molecular formula is C7H9N3O4.